The Kier molecular flexibility index (Phi) is 4.60. The summed E-state index contributed by atoms with van der Waals surface area (Å²) < 4.78 is 5.40. The maximum Gasteiger partial charge on any atom is 0.240 e. The topological polar surface area (TPSA) is 42.2 Å². The van der Waals surface area contributed by atoms with E-state index in [9.17, 15) is 0 Å². The number of benzene rings is 1. The van der Waals surface area contributed by atoms with Crippen LogP contribution in [0.2, 0.25) is 0 Å². The van der Waals surface area contributed by atoms with E-state index < -0.39 is 0 Å². The Morgan fingerprint density at radius 3 is 2.86 bits per heavy atom. The Morgan fingerprint density at radius 1 is 1.33 bits per heavy atom. The summed E-state index contributed by atoms with van der Waals surface area (Å²) in [5.74, 6) is 4.12. The zero-order chi connectivity index (χ0) is 14.7. The fraction of sp³-hybridized carbons (Fsp3) is 0.500. The highest BCUT2D eigenvalue weighted by Crippen LogP contribution is 2.30. The van der Waals surface area contributed by atoms with Gasteiger partial charge in [-0.1, -0.05) is 49.3 Å². The van der Waals surface area contributed by atoms with Gasteiger partial charge in [-0.05, 0) is 5.56 Å². The Hall–Kier alpha value is -1.33. The molecule has 21 heavy (non-hydrogen) atoms. The lowest BCUT2D eigenvalue weighted by Gasteiger charge is -2.34. The Morgan fingerprint density at radius 2 is 2.14 bits per heavy atom. The minimum atomic E-state index is 0.310. The standard InChI is InChI=1S/C16H21N3OS/c1-12(2)16-17-15(20-18-16)10-19-8-9-21-11-14(19)13-6-4-3-5-7-13/h3-7,12,14H,8-11H2,1-2H3. The molecular formula is C16H21N3OS. The second kappa shape index (κ2) is 6.62. The van der Waals surface area contributed by atoms with E-state index in [1.54, 1.807) is 0 Å². The van der Waals surface area contributed by atoms with Crippen molar-refractivity contribution in [3.63, 3.8) is 0 Å². The van der Waals surface area contributed by atoms with E-state index in [0.717, 1.165) is 36.3 Å². The minimum Gasteiger partial charge on any atom is -0.338 e. The third-order valence-corrected chi connectivity index (χ3v) is 4.78. The van der Waals surface area contributed by atoms with Gasteiger partial charge in [0.15, 0.2) is 5.82 Å². The molecule has 0 amide bonds. The van der Waals surface area contributed by atoms with Gasteiger partial charge in [-0.25, -0.2) is 0 Å². The molecule has 0 bridgehead atoms. The molecule has 0 radical (unpaired) electrons. The summed E-state index contributed by atoms with van der Waals surface area (Å²) >= 11 is 2.01. The van der Waals surface area contributed by atoms with Gasteiger partial charge in [0.05, 0.1) is 6.54 Å². The highest BCUT2D eigenvalue weighted by atomic mass is 32.2. The molecule has 1 unspecified atom stereocenters. The van der Waals surface area contributed by atoms with Gasteiger partial charge in [-0.3, -0.25) is 4.90 Å². The molecule has 1 aromatic heterocycles. The van der Waals surface area contributed by atoms with Crippen molar-refractivity contribution in [2.24, 2.45) is 0 Å². The molecule has 0 spiro atoms. The van der Waals surface area contributed by atoms with Crippen LogP contribution in [0.25, 0.3) is 0 Å². The zero-order valence-electron chi connectivity index (χ0n) is 12.5. The Bertz CT molecular complexity index is 570. The van der Waals surface area contributed by atoms with E-state index >= 15 is 0 Å². The SMILES string of the molecule is CC(C)c1noc(CN2CCSCC2c2ccccc2)n1. The smallest absolute Gasteiger partial charge is 0.240 e. The van der Waals surface area contributed by atoms with Crippen molar-refractivity contribution >= 4 is 11.8 Å². The molecule has 1 atom stereocenters. The number of hydrogen-bond donors (Lipinski definition) is 0. The molecule has 0 aliphatic carbocycles. The van der Waals surface area contributed by atoms with Crippen LogP contribution in [0.3, 0.4) is 0 Å². The molecule has 1 fully saturated rings. The summed E-state index contributed by atoms with van der Waals surface area (Å²) in [4.78, 5) is 6.95. The van der Waals surface area contributed by atoms with Crippen molar-refractivity contribution in [3.8, 4) is 0 Å². The normalized spacial score (nSPS) is 20.0. The van der Waals surface area contributed by atoms with Crippen molar-refractivity contribution in [1.82, 2.24) is 15.0 Å². The first-order chi connectivity index (χ1) is 10.2. The van der Waals surface area contributed by atoms with Gasteiger partial charge in [0, 0.05) is 30.0 Å². The van der Waals surface area contributed by atoms with Crippen LogP contribution in [0.5, 0.6) is 0 Å². The number of rotatable bonds is 4. The maximum atomic E-state index is 5.40. The molecule has 5 heteroatoms. The molecule has 1 aliphatic heterocycles. The van der Waals surface area contributed by atoms with Crippen molar-refractivity contribution < 1.29 is 4.52 Å². The van der Waals surface area contributed by atoms with Crippen molar-refractivity contribution in [1.29, 1.82) is 0 Å². The lowest BCUT2D eigenvalue weighted by atomic mass is 10.1. The van der Waals surface area contributed by atoms with Gasteiger partial charge in [-0.15, -0.1) is 0 Å². The van der Waals surface area contributed by atoms with Crippen molar-refractivity contribution in [2.75, 3.05) is 18.1 Å². The molecule has 1 aromatic carbocycles. The fourth-order valence-electron chi connectivity index (χ4n) is 2.55. The second-order valence-corrected chi connectivity index (χ2v) is 6.82. The van der Waals surface area contributed by atoms with Gasteiger partial charge < -0.3 is 4.52 Å². The van der Waals surface area contributed by atoms with E-state index in [4.69, 9.17) is 4.52 Å². The fourth-order valence-corrected chi connectivity index (χ4v) is 3.71. The number of hydrogen-bond acceptors (Lipinski definition) is 5. The van der Waals surface area contributed by atoms with Crippen LogP contribution < -0.4 is 0 Å². The molecule has 4 nitrogen and oxygen atoms in total. The molecule has 3 rings (SSSR count). The number of thioether (sulfide) groups is 1. The second-order valence-electron chi connectivity index (χ2n) is 5.67. The summed E-state index contributed by atoms with van der Waals surface area (Å²) in [6, 6.07) is 11.1. The van der Waals surface area contributed by atoms with E-state index in [2.05, 4.69) is 59.2 Å². The summed E-state index contributed by atoms with van der Waals surface area (Å²) in [6.07, 6.45) is 0. The van der Waals surface area contributed by atoms with Crippen LogP contribution in [0.1, 0.15) is 43.1 Å². The first kappa shape index (κ1) is 14.6. The van der Waals surface area contributed by atoms with Crippen LogP contribution in [0.15, 0.2) is 34.9 Å². The van der Waals surface area contributed by atoms with Crippen molar-refractivity contribution in [2.45, 2.75) is 32.4 Å². The van der Waals surface area contributed by atoms with Gasteiger partial charge in [0.1, 0.15) is 0 Å². The maximum absolute atomic E-state index is 5.40. The van der Waals surface area contributed by atoms with E-state index in [-0.39, 0.29) is 0 Å². The van der Waals surface area contributed by atoms with Gasteiger partial charge in [0.25, 0.3) is 0 Å². The van der Waals surface area contributed by atoms with Crippen LogP contribution >= 0.6 is 11.8 Å². The molecule has 0 saturated carbocycles. The van der Waals surface area contributed by atoms with Crippen LogP contribution in [0.4, 0.5) is 0 Å². The van der Waals surface area contributed by atoms with Gasteiger partial charge in [0.2, 0.25) is 5.89 Å². The molecule has 112 valence electrons. The van der Waals surface area contributed by atoms with Crippen LogP contribution in [-0.4, -0.2) is 33.1 Å². The Labute approximate surface area is 129 Å². The molecule has 0 N–H and O–H groups in total. The zero-order valence-corrected chi connectivity index (χ0v) is 13.3. The molecule has 1 saturated heterocycles. The number of nitrogens with zero attached hydrogens (tertiary/aromatic N) is 3. The van der Waals surface area contributed by atoms with Crippen molar-refractivity contribution in [3.05, 3.63) is 47.6 Å². The monoisotopic (exact) mass is 303 g/mol. The molecule has 2 aromatic rings. The van der Waals surface area contributed by atoms with Crippen LogP contribution in [0, 0.1) is 0 Å². The summed E-state index contributed by atoms with van der Waals surface area (Å²) in [7, 11) is 0. The lowest BCUT2D eigenvalue weighted by Crippen LogP contribution is -2.35. The highest BCUT2D eigenvalue weighted by molar-refractivity contribution is 7.99. The third-order valence-electron chi connectivity index (χ3n) is 3.76. The largest absolute Gasteiger partial charge is 0.338 e. The summed E-state index contributed by atoms with van der Waals surface area (Å²) in [6.45, 7) is 5.96. The lowest BCUT2D eigenvalue weighted by molar-refractivity contribution is 0.183. The third kappa shape index (κ3) is 3.47. The summed E-state index contributed by atoms with van der Waals surface area (Å²) in [5.41, 5.74) is 1.37. The first-order valence-corrected chi connectivity index (χ1v) is 8.58. The minimum absolute atomic E-state index is 0.310. The van der Waals surface area contributed by atoms with Gasteiger partial charge in [-0.2, -0.15) is 16.7 Å². The first-order valence-electron chi connectivity index (χ1n) is 7.43. The predicted molar refractivity (Wildman–Crippen MR) is 85.3 cm³/mol. The van der Waals surface area contributed by atoms with Gasteiger partial charge >= 0.3 is 0 Å². The molecule has 2 heterocycles. The highest BCUT2D eigenvalue weighted by Gasteiger charge is 2.26. The van der Waals surface area contributed by atoms with E-state index in [1.807, 2.05) is 11.8 Å². The van der Waals surface area contributed by atoms with E-state index in [0.29, 0.717) is 12.0 Å². The van der Waals surface area contributed by atoms with E-state index in [1.165, 1.54) is 5.56 Å². The average molecular weight is 303 g/mol. The quantitative estimate of drug-likeness (QED) is 0.865. The predicted octanol–water partition coefficient (Wildman–Crippen LogP) is 3.48. The Balaban J connectivity index is 1.75. The average Bonchev–Trinajstić information content (AvgIpc) is 2.98. The molecular weight excluding hydrogens is 282 g/mol. The molecule has 1 aliphatic rings. The van der Waals surface area contributed by atoms with Crippen LogP contribution in [-0.2, 0) is 6.54 Å². The number of aromatic nitrogens is 2. The summed E-state index contributed by atoms with van der Waals surface area (Å²) in [5, 5.41) is 4.06.